The molecule has 3 aromatic rings. The zero-order valence-corrected chi connectivity index (χ0v) is 29.1. The van der Waals surface area contributed by atoms with Crippen molar-refractivity contribution >= 4 is 58.4 Å². The van der Waals surface area contributed by atoms with Gasteiger partial charge in [-0.15, -0.1) is 0 Å². The van der Waals surface area contributed by atoms with E-state index in [-0.39, 0.29) is 25.0 Å². The van der Waals surface area contributed by atoms with Gasteiger partial charge in [-0.3, -0.25) is 19.2 Å². The number of phenols is 1. The molecule has 0 saturated carbocycles. The summed E-state index contributed by atoms with van der Waals surface area (Å²) in [5, 5.41) is 32.4. The van der Waals surface area contributed by atoms with E-state index in [1.807, 2.05) is 30.5 Å². The Kier molecular flexibility index (Phi) is 14.5. The van der Waals surface area contributed by atoms with Crippen molar-refractivity contribution < 1.29 is 43.7 Å². The third kappa shape index (κ3) is 13.0. The number of aromatic hydroxyl groups is 1. The molecule has 1 aromatic heterocycles. The highest BCUT2D eigenvalue weighted by Gasteiger charge is 2.28. The first-order chi connectivity index (χ1) is 23.6. The number of thioether (sulfide) groups is 1. The first-order valence-electron chi connectivity index (χ1n) is 15.8. The van der Waals surface area contributed by atoms with Crippen LogP contribution in [-0.2, 0) is 41.6 Å². The minimum atomic E-state index is -1.20. The second-order valence-electron chi connectivity index (χ2n) is 12.4. The number of aromatic amines is 1. The van der Waals surface area contributed by atoms with E-state index in [2.05, 4.69) is 31.6 Å². The number of para-hydroxylation sites is 1. The quantitative estimate of drug-likeness (QED) is 0.101. The number of carbonyl (C=O) groups is 6. The number of hydrogen-bond acceptors (Lipinski definition) is 9. The van der Waals surface area contributed by atoms with Gasteiger partial charge in [0.1, 0.15) is 29.5 Å². The van der Waals surface area contributed by atoms with E-state index in [0.717, 1.165) is 10.9 Å². The largest absolute Gasteiger partial charge is 0.508 e. The second-order valence-corrected chi connectivity index (χ2v) is 13.4. The summed E-state index contributed by atoms with van der Waals surface area (Å²) in [5.41, 5.74) is 1.32. The van der Waals surface area contributed by atoms with Crippen molar-refractivity contribution in [3.05, 3.63) is 65.9 Å². The molecule has 1 heterocycles. The maximum atomic E-state index is 13.3. The van der Waals surface area contributed by atoms with Gasteiger partial charge in [-0.1, -0.05) is 30.3 Å². The summed E-state index contributed by atoms with van der Waals surface area (Å²) >= 11 is 1.43. The number of carbonyl (C=O) groups excluding carboxylic acids is 5. The molecule has 0 aliphatic heterocycles. The van der Waals surface area contributed by atoms with Crippen molar-refractivity contribution in [2.75, 3.05) is 25.1 Å². The lowest BCUT2D eigenvalue weighted by atomic mass is 10.0. The number of carboxylic acids is 1. The van der Waals surface area contributed by atoms with Crippen molar-refractivity contribution in [1.29, 1.82) is 0 Å². The molecule has 50 heavy (non-hydrogen) atoms. The van der Waals surface area contributed by atoms with Crippen LogP contribution in [0, 0.1) is 0 Å². The van der Waals surface area contributed by atoms with Crippen LogP contribution < -0.4 is 26.6 Å². The Morgan fingerprint density at radius 2 is 1.48 bits per heavy atom. The summed E-state index contributed by atoms with van der Waals surface area (Å²) in [6, 6.07) is 9.92. The van der Waals surface area contributed by atoms with Crippen LogP contribution in [0.2, 0.25) is 0 Å². The highest BCUT2D eigenvalue weighted by molar-refractivity contribution is 7.98. The molecule has 3 atom stereocenters. The smallest absolute Gasteiger partial charge is 0.408 e. The van der Waals surface area contributed by atoms with Gasteiger partial charge in [0.15, 0.2) is 0 Å². The molecule has 270 valence electrons. The van der Waals surface area contributed by atoms with Crippen molar-refractivity contribution in [2.45, 2.75) is 63.8 Å². The molecule has 2 aromatic carbocycles. The minimum Gasteiger partial charge on any atom is -0.508 e. The van der Waals surface area contributed by atoms with E-state index < -0.39 is 72.5 Å². The molecule has 0 spiro atoms. The molecule has 0 aliphatic carbocycles. The van der Waals surface area contributed by atoms with E-state index in [1.54, 1.807) is 39.1 Å². The van der Waals surface area contributed by atoms with Gasteiger partial charge >= 0.3 is 12.1 Å². The summed E-state index contributed by atoms with van der Waals surface area (Å²) in [6.07, 6.45) is 2.92. The van der Waals surface area contributed by atoms with Gasteiger partial charge in [0, 0.05) is 29.9 Å². The number of aromatic nitrogens is 1. The Labute approximate surface area is 293 Å². The predicted octanol–water partition coefficient (Wildman–Crippen LogP) is 1.59. The monoisotopic (exact) mass is 712 g/mol. The first-order valence-corrected chi connectivity index (χ1v) is 17.2. The highest BCUT2D eigenvalue weighted by Crippen LogP contribution is 2.19. The number of phenolic OH excluding ortho intramolecular Hbond substituents is 1. The standard InChI is InChI=1S/C34H44N6O9S/c1-34(2,3)49-33(48)40-26(15-20-9-11-22(41)12-10-20)30(44)37-18-28(42)36-19-29(43)38-27(31(45)39-25(32(46)47)13-14-50-4)16-21-17-35-24-8-6-5-7-23(21)24/h5-12,17,25-27,35,41H,13-16,18-19H2,1-4H3,(H,36,42)(H,37,44)(H,38,43)(H,39,45)(H,40,48)(H,46,47)/t25-,26-,27-/m0/s1. The van der Waals surface area contributed by atoms with Gasteiger partial charge in [0.05, 0.1) is 13.1 Å². The lowest BCUT2D eigenvalue weighted by Crippen LogP contribution is -2.54. The summed E-state index contributed by atoms with van der Waals surface area (Å²) in [4.78, 5) is 79.3. The molecule has 0 radical (unpaired) electrons. The normalized spacial score (nSPS) is 13.0. The number of ether oxygens (including phenoxy) is 1. The van der Waals surface area contributed by atoms with Crippen LogP contribution in [0.5, 0.6) is 5.75 Å². The molecular weight excluding hydrogens is 668 g/mol. The first kappa shape index (κ1) is 39.2. The lowest BCUT2D eigenvalue weighted by Gasteiger charge is -2.23. The molecule has 8 N–H and O–H groups in total. The van der Waals surface area contributed by atoms with Crippen LogP contribution in [0.3, 0.4) is 0 Å². The molecule has 0 aliphatic rings. The zero-order chi connectivity index (χ0) is 36.8. The maximum absolute atomic E-state index is 13.3. The van der Waals surface area contributed by atoms with Crippen LogP contribution in [-0.4, -0.2) is 99.7 Å². The number of amides is 5. The topological polar surface area (TPSA) is 228 Å². The fraction of sp³-hybridized carbons (Fsp3) is 0.412. The molecule has 3 rings (SSSR count). The maximum Gasteiger partial charge on any atom is 0.408 e. The second kappa shape index (κ2) is 18.5. The highest BCUT2D eigenvalue weighted by atomic mass is 32.2. The van der Waals surface area contributed by atoms with Gasteiger partial charge in [0.2, 0.25) is 23.6 Å². The van der Waals surface area contributed by atoms with Gasteiger partial charge in [-0.05, 0) is 68.5 Å². The molecule has 0 bridgehead atoms. The molecular formula is C34H44N6O9S. The number of fused-ring (bicyclic) bond motifs is 1. The lowest BCUT2D eigenvalue weighted by molar-refractivity contribution is -0.142. The molecule has 16 heteroatoms. The van der Waals surface area contributed by atoms with Crippen molar-refractivity contribution in [1.82, 2.24) is 31.6 Å². The third-order valence-corrected chi connectivity index (χ3v) is 7.87. The van der Waals surface area contributed by atoms with Crippen molar-refractivity contribution in [3.8, 4) is 5.75 Å². The SMILES string of the molecule is CSCC[C@H](NC(=O)[C@H](Cc1c[nH]c2ccccc12)NC(=O)CNC(=O)CNC(=O)[C@H](Cc1ccc(O)cc1)NC(=O)OC(C)(C)C)C(=O)O. The third-order valence-electron chi connectivity index (χ3n) is 7.23. The van der Waals surface area contributed by atoms with E-state index in [0.29, 0.717) is 16.9 Å². The Bertz CT molecular complexity index is 1650. The average Bonchev–Trinajstić information content (AvgIpc) is 3.46. The van der Waals surface area contributed by atoms with E-state index >= 15 is 0 Å². The Hall–Kier alpha value is -5.25. The van der Waals surface area contributed by atoms with Gasteiger partial charge in [-0.25, -0.2) is 9.59 Å². The summed E-state index contributed by atoms with van der Waals surface area (Å²) in [5.74, 6) is -3.54. The van der Waals surface area contributed by atoms with Crippen LogP contribution in [0.1, 0.15) is 38.3 Å². The Balaban J connectivity index is 1.62. The Morgan fingerprint density at radius 1 is 0.820 bits per heavy atom. The number of H-pyrrole nitrogens is 1. The number of hydrogen-bond donors (Lipinski definition) is 8. The van der Waals surface area contributed by atoms with Crippen LogP contribution in [0.25, 0.3) is 10.9 Å². The van der Waals surface area contributed by atoms with Gasteiger partial charge in [-0.2, -0.15) is 11.8 Å². The van der Waals surface area contributed by atoms with E-state index in [9.17, 15) is 39.0 Å². The molecule has 5 amide bonds. The molecule has 0 saturated heterocycles. The van der Waals surface area contributed by atoms with E-state index in [4.69, 9.17) is 4.74 Å². The fourth-order valence-corrected chi connectivity index (χ4v) is 5.27. The average molecular weight is 713 g/mol. The van der Waals surface area contributed by atoms with Gasteiger partial charge in [0.25, 0.3) is 0 Å². The van der Waals surface area contributed by atoms with Crippen LogP contribution in [0.15, 0.2) is 54.7 Å². The van der Waals surface area contributed by atoms with Crippen LogP contribution >= 0.6 is 11.8 Å². The number of alkyl carbamates (subject to hydrolysis) is 1. The zero-order valence-electron chi connectivity index (χ0n) is 28.3. The summed E-state index contributed by atoms with van der Waals surface area (Å²) in [6.45, 7) is 3.91. The van der Waals surface area contributed by atoms with E-state index in [1.165, 1.54) is 23.9 Å². The predicted molar refractivity (Wildman–Crippen MR) is 187 cm³/mol. The minimum absolute atomic E-state index is 0.0231. The molecule has 15 nitrogen and oxygen atoms in total. The van der Waals surface area contributed by atoms with Crippen molar-refractivity contribution in [3.63, 3.8) is 0 Å². The van der Waals surface area contributed by atoms with Crippen molar-refractivity contribution in [2.24, 2.45) is 0 Å². The molecule has 0 unspecified atom stereocenters. The number of nitrogens with one attached hydrogen (secondary N) is 6. The van der Waals surface area contributed by atoms with Gasteiger partial charge < -0.3 is 46.5 Å². The Morgan fingerprint density at radius 3 is 2.14 bits per heavy atom. The van der Waals surface area contributed by atoms with Crippen LogP contribution in [0.4, 0.5) is 4.79 Å². The fourth-order valence-electron chi connectivity index (χ4n) is 4.80. The number of carboxylic acid groups (broad SMARTS) is 1. The molecule has 0 fully saturated rings. The number of aliphatic carboxylic acids is 1. The number of rotatable bonds is 17. The number of benzene rings is 2. The summed E-state index contributed by atoms with van der Waals surface area (Å²) < 4.78 is 5.26. The summed E-state index contributed by atoms with van der Waals surface area (Å²) in [7, 11) is 0.